The van der Waals surface area contributed by atoms with Crippen LogP contribution in [0.5, 0.6) is 5.75 Å². The van der Waals surface area contributed by atoms with Crippen LogP contribution in [-0.4, -0.2) is 40.3 Å². The molecule has 1 unspecified atom stereocenters. The van der Waals surface area contributed by atoms with E-state index in [2.05, 4.69) is 15.5 Å². The fourth-order valence-electron chi connectivity index (χ4n) is 2.37. The van der Waals surface area contributed by atoms with Gasteiger partial charge in [0.1, 0.15) is 5.75 Å². The van der Waals surface area contributed by atoms with Gasteiger partial charge in [-0.1, -0.05) is 5.16 Å². The molecule has 0 saturated heterocycles. The van der Waals surface area contributed by atoms with Crippen LogP contribution in [-0.2, 0) is 16.0 Å². The number of methoxy groups -OCH3 is 1. The van der Waals surface area contributed by atoms with Crippen LogP contribution >= 0.6 is 0 Å². The number of aromatic nitrogens is 2. The molecule has 0 radical (unpaired) electrons. The largest absolute Gasteiger partial charge is 0.497 e. The lowest BCUT2D eigenvalue weighted by Gasteiger charge is -2.12. The maximum absolute atomic E-state index is 11.8. The van der Waals surface area contributed by atoms with Gasteiger partial charge in [0, 0.05) is 30.9 Å². The fraction of sp³-hybridized carbons (Fsp3) is 0.444. The average molecular weight is 361 g/mol. The first-order valence-electron chi connectivity index (χ1n) is 8.46. The Morgan fingerprint density at radius 3 is 2.65 bits per heavy atom. The van der Waals surface area contributed by atoms with Crippen molar-refractivity contribution in [1.82, 2.24) is 15.5 Å². The van der Waals surface area contributed by atoms with Crippen molar-refractivity contribution < 1.29 is 24.0 Å². The van der Waals surface area contributed by atoms with E-state index in [1.165, 1.54) is 0 Å². The van der Waals surface area contributed by atoms with Crippen LogP contribution in [0.4, 0.5) is 0 Å². The SMILES string of the molecule is COc1ccc(-c2noc(CCCC(=O)NC(C)CCC(=O)O)n2)cc1. The molecular formula is C18H23N3O5. The van der Waals surface area contributed by atoms with E-state index in [0.717, 1.165) is 11.3 Å². The Kier molecular flexibility index (Phi) is 7.13. The highest BCUT2D eigenvalue weighted by atomic mass is 16.5. The van der Waals surface area contributed by atoms with Crippen LogP contribution < -0.4 is 10.1 Å². The number of nitrogens with one attached hydrogen (secondary N) is 1. The number of hydrogen-bond donors (Lipinski definition) is 2. The van der Waals surface area contributed by atoms with Crippen molar-refractivity contribution in [2.75, 3.05) is 7.11 Å². The van der Waals surface area contributed by atoms with Crippen LogP contribution in [0.25, 0.3) is 11.4 Å². The zero-order valence-electron chi connectivity index (χ0n) is 14.9. The standard InChI is InChI=1S/C18H23N3O5/c1-12(6-11-17(23)24)19-15(22)4-3-5-16-20-18(21-26-16)13-7-9-14(25-2)10-8-13/h7-10,12H,3-6,11H2,1-2H3,(H,19,22)(H,23,24). The number of amides is 1. The second kappa shape index (κ2) is 9.55. The van der Waals surface area contributed by atoms with Crippen LogP contribution in [0.2, 0.25) is 0 Å². The van der Waals surface area contributed by atoms with Gasteiger partial charge in [-0.25, -0.2) is 0 Å². The maximum atomic E-state index is 11.8. The molecule has 0 aliphatic carbocycles. The lowest BCUT2D eigenvalue weighted by Crippen LogP contribution is -2.32. The summed E-state index contributed by atoms with van der Waals surface area (Å²) in [5, 5.41) is 15.4. The molecule has 140 valence electrons. The van der Waals surface area contributed by atoms with Gasteiger partial charge in [0.15, 0.2) is 0 Å². The van der Waals surface area contributed by atoms with E-state index in [9.17, 15) is 9.59 Å². The summed E-state index contributed by atoms with van der Waals surface area (Å²) in [4.78, 5) is 26.7. The van der Waals surface area contributed by atoms with Gasteiger partial charge in [0.05, 0.1) is 7.11 Å². The first-order chi connectivity index (χ1) is 12.5. The van der Waals surface area contributed by atoms with Crippen LogP contribution in [0.15, 0.2) is 28.8 Å². The van der Waals surface area contributed by atoms with Gasteiger partial charge in [0.2, 0.25) is 17.6 Å². The number of aliphatic carboxylic acids is 1. The summed E-state index contributed by atoms with van der Waals surface area (Å²) in [6, 6.07) is 7.17. The number of rotatable bonds is 10. The molecule has 2 rings (SSSR count). The van der Waals surface area contributed by atoms with E-state index in [-0.39, 0.29) is 18.4 Å². The van der Waals surface area contributed by atoms with E-state index >= 15 is 0 Å². The molecule has 0 saturated carbocycles. The van der Waals surface area contributed by atoms with Crippen molar-refractivity contribution in [1.29, 1.82) is 0 Å². The molecule has 0 aliphatic rings. The first kappa shape index (κ1) is 19.4. The van der Waals surface area contributed by atoms with E-state index in [1.807, 2.05) is 24.3 Å². The Labute approximate surface area is 151 Å². The van der Waals surface area contributed by atoms with Crippen molar-refractivity contribution >= 4 is 11.9 Å². The highest BCUT2D eigenvalue weighted by molar-refractivity contribution is 5.76. The molecular weight excluding hydrogens is 338 g/mol. The normalized spacial score (nSPS) is 11.8. The molecule has 1 atom stereocenters. The molecule has 1 aromatic heterocycles. The number of carbonyl (C=O) groups is 2. The number of carboxylic acids is 1. The Balaban J connectivity index is 1.75. The summed E-state index contributed by atoms with van der Waals surface area (Å²) < 4.78 is 10.3. The maximum Gasteiger partial charge on any atom is 0.303 e. The van der Waals surface area contributed by atoms with Crippen molar-refractivity contribution in [3.63, 3.8) is 0 Å². The molecule has 0 aliphatic heterocycles. The minimum Gasteiger partial charge on any atom is -0.497 e. The van der Waals surface area contributed by atoms with Gasteiger partial charge in [-0.15, -0.1) is 0 Å². The highest BCUT2D eigenvalue weighted by Gasteiger charge is 2.12. The first-order valence-corrected chi connectivity index (χ1v) is 8.46. The monoisotopic (exact) mass is 361 g/mol. The Morgan fingerprint density at radius 1 is 1.27 bits per heavy atom. The molecule has 1 aromatic carbocycles. The fourth-order valence-corrected chi connectivity index (χ4v) is 2.37. The number of benzene rings is 1. The molecule has 1 heterocycles. The van der Waals surface area contributed by atoms with Gasteiger partial charge in [-0.05, 0) is 44.0 Å². The highest BCUT2D eigenvalue weighted by Crippen LogP contribution is 2.20. The Morgan fingerprint density at radius 2 is 2.00 bits per heavy atom. The molecule has 8 nitrogen and oxygen atoms in total. The van der Waals surface area contributed by atoms with E-state index < -0.39 is 5.97 Å². The smallest absolute Gasteiger partial charge is 0.303 e. The summed E-state index contributed by atoms with van der Waals surface area (Å²) >= 11 is 0. The number of nitrogens with zero attached hydrogens (tertiary/aromatic N) is 2. The van der Waals surface area contributed by atoms with Gasteiger partial charge >= 0.3 is 5.97 Å². The quantitative estimate of drug-likeness (QED) is 0.668. The van der Waals surface area contributed by atoms with Gasteiger partial charge in [-0.3, -0.25) is 9.59 Å². The molecule has 0 bridgehead atoms. The zero-order chi connectivity index (χ0) is 18.9. The molecule has 0 spiro atoms. The molecule has 2 N–H and O–H groups in total. The summed E-state index contributed by atoms with van der Waals surface area (Å²) in [7, 11) is 1.60. The number of carbonyl (C=O) groups excluding carboxylic acids is 1. The van der Waals surface area contributed by atoms with Crippen molar-refractivity contribution in [3.8, 4) is 17.1 Å². The summed E-state index contributed by atoms with van der Waals surface area (Å²) in [6.07, 6.45) is 1.84. The van der Waals surface area contributed by atoms with Crippen molar-refractivity contribution in [3.05, 3.63) is 30.2 Å². The van der Waals surface area contributed by atoms with Gasteiger partial charge in [0.25, 0.3) is 0 Å². The topological polar surface area (TPSA) is 115 Å². The van der Waals surface area contributed by atoms with E-state index in [4.69, 9.17) is 14.4 Å². The molecule has 1 amide bonds. The van der Waals surface area contributed by atoms with Crippen LogP contribution in [0.1, 0.15) is 38.5 Å². The summed E-state index contributed by atoms with van der Waals surface area (Å²) in [6.45, 7) is 1.79. The third-order valence-electron chi connectivity index (χ3n) is 3.81. The van der Waals surface area contributed by atoms with Gasteiger partial charge in [-0.2, -0.15) is 4.98 Å². The molecule has 2 aromatic rings. The number of hydrogen-bond acceptors (Lipinski definition) is 6. The number of carboxylic acid groups (broad SMARTS) is 1. The van der Waals surface area contributed by atoms with E-state index in [0.29, 0.717) is 37.4 Å². The van der Waals surface area contributed by atoms with E-state index in [1.54, 1.807) is 14.0 Å². The minimum atomic E-state index is -0.866. The lowest BCUT2D eigenvalue weighted by molar-refractivity contribution is -0.137. The minimum absolute atomic E-state index is 0.0393. The van der Waals surface area contributed by atoms with Gasteiger partial charge < -0.3 is 19.7 Å². The third kappa shape index (κ3) is 6.19. The number of aryl methyl sites for hydroxylation is 1. The summed E-state index contributed by atoms with van der Waals surface area (Å²) in [5.74, 6) is 0.742. The molecule has 26 heavy (non-hydrogen) atoms. The van der Waals surface area contributed by atoms with Crippen LogP contribution in [0.3, 0.4) is 0 Å². The Hall–Kier alpha value is -2.90. The zero-order valence-corrected chi connectivity index (χ0v) is 14.9. The second-order valence-corrected chi connectivity index (χ2v) is 5.99. The second-order valence-electron chi connectivity index (χ2n) is 5.99. The lowest BCUT2D eigenvalue weighted by atomic mass is 10.1. The molecule has 0 fully saturated rings. The predicted molar refractivity (Wildman–Crippen MR) is 93.7 cm³/mol. The number of ether oxygens (including phenoxy) is 1. The molecule has 8 heteroatoms. The average Bonchev–Trinajstić information content (AvgIpc) is 3.09. The summed E-state index contributed by atoms with van der Waals surface area (Å²) in [5.41, 5.74) is 0.825. The van der Waals surface area contributed by atoms with Crippen molar-refractivity contribution in [2.45, 2.75) is 45.1 Å². The van der Waals surface area contributed by atoms with Crippen molar-refractivity contribution in [2.24, 2.45) is 0 Å². The predicted octanol–water partition coefficient (Wildman–Crippen LogP) is 2.44. The van der Waals surface area contributed by atoms with Crippen LogP contribution in [0, 0.1) is 0 Å². The third-order valence-corrected chi connectivity index (χ3v) is 3.81. The Bertz CT molecular complexity index is 727.